The predicted octanol–water partition coefficient (Wildman–Crippen LogP) is 4.57. The molecule has 2 aromatic carbocycles. The predicted molar refractivity (Wildman–Crippen MR) is 128 cm³/mol. The van der Waals surface area contributed by atoms with Crippen molar-refractivity contribution >= 4 is 39.4 Å². The molecule has 170 valence electrons. The summed E-state index contributed by atoms with van der Waals surface area (Å²) in [6.07, 6.45) is 4.45. The number of H-pyrrole nitrogens is 1. The molecule has 3 aromatic heterocycles. The molecule has 6 rings (SSSR count). The van der Waals surface area contributed by atoms with Gasteiger partial charge in [-0.05, 0) is 30.3 Å². The quantitative estimate of drug-likeness (QED) is 0.393. The number of morpholine rings is 1. The summed E-state index contributed by atoms with van der Waals surface area (Å²) in [5.41, 5.74) is 4.00. The smallest absolute Gasteiger partial charge is 0.200 e. The van der Waals surface area contributed by atoms with Crippen LogP contribution in [0.25, 0.3) is 44.5 Å². The van der Waals surface area contributed by atoms with E-state index in [0.29, 0.717) is 52.1 Å². The molecule has 1 fully saturated rings. The lowest BCUT2D eigenvalue weighted by Crippen LogP contribution is -2.36. The first kappa shape index (κ1) is 20.8. The average Bonchev–Trinajstić information content (AvgIpc) is 3.20. The minimum absolute atomic E-state index is 0.135. The Kier molecular flexibility index (Phi) is 5.00. The van der Waals surface area contributed by atoms with Gasteiger partial charge >= 0.3 is 0 Å². The van der Waals surface area contributed by atoms with Gasteiger partial charge in [0.05, 0.1) is 35.0 Å². The normalized spacial score (nSPS) is 14.2. The summed E-state index contributed by atoms with van der Waals surface area (Å²) in [5, 5.41) is 11.4. The number of aromatic nitrogens is 5. The SMILES string of the molecule is Oc1[nH]c2nccnc2c1-c1cc(-c2ncnc3cc(N4CCOCC4)ccc23)c(F)cc1Cl. The monoisotopic (exact) mass is 476 g/mol. The standard InChI is InChI=1S/C24H18ClFN6O2/c25-17-11-18(26)16(10-15(17)20-22-23(31-24(20)33)28-4-3-27-22)21-14-2-1-13(9-19(14)29-12-30-21)32-5-7-34-8-6-32/h1-4,9-12,33H,5-8H2,(H,28,31). The van der Waals surface area contributed by atoms with Gasteiger partial charge in [0.1, 0.15) is 17.7 Å². The van der Waals surface area contributed by atoms with E-state index < -0.39 is 5.82 Å². The number of ether oxygens (including phenoxy) is 1. The Hall–Kier alpha value is -3.82. The lowest BCUT2D eigenvalue weighted by atomic mass is 9.99. The van der Waals surface area contributed by atoms with E-state index in [-0.39, 0.29) is 16.5 Å². The van der Waals surface area contributed by atoms with Gasteiger partial charge in [-0.25, -0.2) is 19.3 Å². The first-order valence-electron chi connectivity index (χ1n) is 10.7. The van der Waals surface area contributed by atoms with Gasteiger partial charge in [0.25, 0.3) is 0 Å². The van der Waals surface area contributed by atoms with Crippen LogP contribution in [0.5, 0.6) is 5.88 Å². The van der Waals surface area contributed by atoms with Gasteiger partial charge in [-0.15, -0.1) is 0 Å². The molecule has 2 N–H and O–H groups in total. The molecule has 0 unspecified atom stereocenters. The van der Waals surface area contributed by atoms with Crippen molar-refractivity contribution in [1.29, 1.82) is 0 Å². The van der Waals surface area contributed by atoms with Crippen LogP contribution in [0.3, 0.4) is 0 Å². The summed E-state index contributed by atoms with van der Waals surface area (Å²) in [5.74, 6) is -0.681. The molecule has 0 aliphatic carbocycles. The van der Waals surface area contributed by atoms with Crippen LogP contribution in [0.2, 0.25) is 5.02 Å². The molecular weight excluding hydrogens is 459 g/mol. The van der Waals surface area contributed by atoms with E-state index in [0.717, 1.165) is 18.8 Å². The lowest BCUT2D eigenvalue weighted by Gasteiger charge is -2.29. The summed E-state index contributed by atoms with van der Waals surface area (Å²) in [6, 6.07) is 8.65. The van der Waals surface area contributed by atoms with Crippen LogP contribution in [-0.4, -0.2) is 56.3 Å². The third-order valence-electron chi connectivity index (χ3n) is 5.99. The zero-order valence-electron chi connectivity index (χ0n) is 17.8. The van der Waals surface area contributed by atoms with Crippen molar-refractivity contribution in [3.8, 4) is 28.3 Å². The Bertz CT molecular complexity index is 1550. The van der Waals surface area contributed by atoms with Crippen molar-refractivity contribution in [2.45, 2.75) is 0 Å². The molecule has 1 aliphatic heterocycles. The molecule has 0 amide bonds. The van der Waals surface area contributed by atoms with Gasteiger partial charge in [-0.3, -0.25) is 4.98 Å². The van der Waals surface area contributed by atoms with E-state index >= 15 is 4.39 Å². The molecule has 0 atom stereocenters. The topological polar surface area (TPSA) is 100 Å². The maximum absolute atomic E-state index is 15.2. The average molecular weight is 477 g/mol. The summed E-state index contributed by atoms with van der Waals surface area (Å²) in [4.78, 5) is 22.3. The van der Waals surface area contributed by atoms with Crippen LogP contribution >= 0.6 is 11.6 Å². The number of aromatic amines is 1. The second-order valence-corrected chi connectivity index (χ2v) is 8.34. The van der Waals surface area contributed by atoms with Crippen LogP contribution in [0.15, 0.2) is 49.1 Å². The third kappa shape index (κ3) is 3.41. The zero-order chi connectivity index (χ0) is 23.2. The molecule has 1 aliphatic rings. The number of fused-ring (bicyclic) bond motifs is 2. The molecule has 1 saturated heterocycles. The van der Waals surface area contributed by atoms with Gasteiger partial charge in [0.15, 0.2) is 11.5 Å². The molecule has 10 heteroatoms. The highest BCUT2D eigenvalue weighted by molar-refractivity contribution is 6.34. The van der Waals surface area contributed by atoms with E-state index in [1.165, 1.54) is 24.8 Å². The third-order valence-corrected chi connectivity index (χ3v) is 6.30. The summed E-state index contributed by atoms with van der Waals surface area (Å²) >= 11 is 6.42. The first-order chi connectivity index (χ1) is 16.6. The van der Waals surface area contributed by atoms with Crippen LogP contribution in [0.1, 0.15) is 0 Å². The molecule has 4 heterocycles. The highest BCUT2D eigenvalue weighted by Crippen LogP contribution is 2.42. The van der Waals surface area contributed by atoms with Gasteiger partial charge in [0, 0.05) is 47.7 Å². The number of hydrogen-bond acceptors (Lipinski definition) is 7. The van der Waals surface area contributed by atoms with E-state index in [4.69, 9.17) is 16.3 Å². The van der Waals surface area contributed by atoms with Crippen LogP contribution in [0.4, 0.5) is 10.1 Å². The van der Waals surface area contributed by atoms with E-state index in [2.05, 4.69) is 29.8 Å². The van der Waals surface area contributed by atoms with Crippen LogP contribution < -0.4 is 4.90 Å². The number of benzene rings is 2. The fraction of sp³-hybridized carbons (Fsp3) is 0.167. The van der Waals surface area contributed by atoms with Gasteiger partial charge in [-0.1, -0.05) is 11.6 Å². The van der Waals surface area contributed by atoms with E-state index in [1.54, 1.807) is 6.07 Å². The van der Waals surface area contributed by atoms with Crippen molar-refractivity contribution in [2.75, 3.05) is 31.2 Å². The molecule has 0 radical (unpaired) electrons. The molecule has 8 nitrogen and oxygen atoms in total. The number of nitrogens with zero attached hydrogens (tertiary/aromatic N) is 5. The second kappa shape index (κ2) is 8.19. The number of halogens is 2. The summed E-state index contributed by atoms with van der Waals surface area (Å²) in [6.45, 7) is 2.96. The number of hydrogen-bond donors (Lipinski definition) is 2. The fourth-order valence-electron chi connectivity index (χ4n) is 4.35. The lowest BCUT2D eigenvalue weighted by molar-refractivity contribution is 0.122. The van der Waals surface area contributed by atoms with E-state index in [1.807, 2.05) is 18.2 Å². The Labute approximate surface area is 198 Å². The molecule has 34 heavy (non-hydrogen) atoms. The molecule has 5 aromatic rings. The number of anilines is 1. The van der Waals surface area contributed by atoms with Crippen molar-refractivity contribution in [3.05, 3.63) is 59.9 Å². The van der Waals surface area contributed by atoms with Gasteiger partial charge in [-0.2, -0.15) is 0 Å². The van der Waals surface area contributed by atoms with Crippen LogP contribution in [0, 0.1) is 5.82 Å². The largest absolute Gasteiger partial charge is 0.494 e. The Balaban J connectivity index is 1.51. The number of aromatic hydroxyl groups is 1. The minimum Gasteiger partial charge on any atom is -0.494 e. The Morgan fingerprint density at radius 2 is 1.82 bits per heavy atom. The van der Waals surface area contributed by atoms with Crippen molar-refractivity contribution in [1.82, 2.24) is 24.9 Å². The second-order valence-electron chi connectivity index (χ2n) is 7.94. The minimum atomic E-state index is -0.531. The molecule has 0 saturated carbocycles. The van der Waals surface area contributed by atoms with Gasteiger partial charge < -0.3 is 19.7 Å². The van der Waals surface area contributed by atoms with Crippen LogP contribution in [-0.2, 0) is 4.74 Å². The maximum Gasteiger partial charge on any atom is 0.200 e. The Morgan fingerprint density at radius 1 is 1.00 bits per heavy atom. The zero-order valence-corrected chi connectivity index (χ0v) is 18.6. The fourth-order valence-corrected chi connectivity index (χ4v) is 4.60. The first-order valence-corrected chi connectivity index (χ1v) is 11.1. The molecule has 0 bridgehead atoms. The number of rotatable bonds is 3. The van der Waals surface area contributed by atoms with Gasteiger partial charge in [0.2, 0.25) is 0 Å². The summed E-state index contributed by atoms with van der Waals surface area (Å²) in [7, 11) is 0. The van der Waals surface area contributed by atoms with Crippen molar-refractivity contribution in [2.24, 2.45) is 0 Å². The summed E-state index contributed by atoms with van der Waals surface area (Å²) < 4.78 is 20.6. The van der Waals surface area contributed by atoms with Crippen molar-refractivity contribution < 1.29 is 14.2 Å². The molecule has 0 spiro atoms. The Morgan fingerprint density at radius 3 is 2.68 bits per heavy atom. The highest BCUT2D eigenvalue weighted by Gasteiger charge is 2.22. The molecular formula is C24H18ClFN6O2. The number of nitrogens with one attached hydrogen (secondary N) is 1. The maximum atomic E-state index is 15.2. The highest BCUT2D eigenvalue weighted by atomic mass is 35.5. The van der Waals surface area contributed by atoms with E-state index in [9.17, 15) is 5.11 Å². The van der Waals surface area contributed by atoms with Crippen molar-refractivity contribution in [3.63, 3.8) is 0 Å².